The van der Waals surface area contributed by atoms with Crippen molar-refractivity contribution in [3.05, 3.63) is 89.2 Å². The summed E-state index contributed by atoms with van der Waals surface area (Å²) >= 11 is 0. The first-order valence-corrected chi connectivity index (χ1v) is 11.0. The topological polar surface area (TPSA) is 81.4 Å². The van der Waals surface area contributed by atoms with E-state index < -0.39 is 53.7 Å². The molecule has 0 atom stereocenters. The van der Waals surface area contributed by atoms with E-state index in [-0.39, 0.29) is 29.4 Å². The molecule has 14 heteroatoms. The van der Waals surface area contributed by atoms with Crippen molar-refractivity contribution >= 4 is 11.6 Å². The minimum atomic E-state index is -5.16. The molecule has 0 aliphatic heterocycles. The van der Waals surface area contributed by atoms with Crippen LogP contribution in [0.2, 0.25) is 0 Å². The van der Waals surface area contributed by atoms with E-state index in [4.69, 9.17) is 9.15 Å². The van der Waals surface area contributed by atoms with Crippen LogP contribution < -0.4 is 9.64 Å². The number of benzene rings is 2. The smallest absolute Gasteiger partial charge is 0.416 e. The summed E-state index contributed by atoms with van der Waals surface area (Å²) in [4.78, 5) is 18.2. The Labute approximate surface area is 215 Å². The maximum Gasteiger partial charge on any atom is 0.416 e. The number of pyridine rings is 1. The van der Waals surface area contributed by atoms with Crippen LogP contribution in [0.25, 0.3) is 11.5 Å². The van der Waals surface area contributed by atoms with Gasteiger partial charge in [0.15, 0.2) is 0 Å². The van der Waals surface area contributed by atoms with E-state index in [1.54, 1.807) is 12.1 Å². The Morgan fingerprint density at radius 1 is 0.974 bits per heavy atom. The van der Waals surface area contributed by atoms with Crippen LogP contribution in [0.5, 0.6) is 5.88 Å². The minimum absolute atomic E-state index is 0.0245. The van der Waals surface area contributed by atoms with Crippen LogP contribution in [-0.2, 0) is 30.1 Å². The van der Waals surface area contributed by atoms with Crippen molar-refractivity contribution in [2.75, 3.05) is 12.0 Å². The van der Waals surface area contributed by atoms with E-state index in [0.717, 1.165) is 17.0 Å². The maximum absolute atomic E-state index is 13.6. The van der Waals surface area contributed by atoms with E-state index >= 15 is 0 Å². The van der Waals surface area contributed by atoms with Gasteiger partial charge in [-0.15, -0.1) is 10.2 Å². The molecule has 7 nitrogen and oxygen atoms in total. The van der Waals surface area contributed by atoms with Gasteiger partial charge in [0, 0.05) is 11.9 Å². The molecular weight excluding hydrogens is 537 g/mol. The molecule has 0 unspecified atom stereocenters. The van der Waals surface area contributed by atoms with Crippen molar-refractivity contribution in [1.82, 2.24) is 15.2 Å². The molecule has 0 N–H and O–H groups in total. The molecule has 2 aromatic heterocycles. The molecular formula is C25H17F7N4O3. The molecule has 0 aliphatic carbocycles. The lowest BCUT2D eigenvalue weighted by Crippen LogP contribution is -2.32. The predicted molar refractivity (Wildman–Crippen MR) is 122 cm³/mol. The number of hydrogen-bond acceptors (Lipinski definition) is 6. The van der Waals surface area contributed by atoms with Crippen molar-refractivity contribution in [3.8, 4) is 17.3 Å². The third kappa shape index (κ3) is 6.33. The summed E-state index contributed by atoms with van der Waals surface area (Å²) in [5, 5.41) is 7.75. The van der Waals surface area contributed by atoms with Crippen LogP contribution in [0.15, 0.2) is 65.2 Å². The predicted octanol–water partition coefficient (Wildman–Crippen LogP) is 6.09. The highest BCUT2D eigenvalue weighted by Gasteiger charge is 2.38. The molecule has 0 spiro atoms. The van der Waals surface area contributed by atoms with Gasteiger partial charge in [-0.25, -0.2) is 9.37 Å². The van der Waals surface area contributed by atoms with Gasteiger partial charge in [0.2, 0.25) is 17.7 Å². The highest BCUT2D eigenvalue weighted by molar-refractivity contribution is 5.94. The summed E-state index contributed by atoms with van der Waals surface area (Å²) < 4.78 is 104. The average molecular weight is 554 g/mol. The van der Waals surface area contributed by atoms with Gasteiger partial charge in [0.05, 0.1) is 24.7 Å². The summed E-state index contributed by atoms with van der Waals surface area (Å²) in [5.41, 5.74) is -3.39. The van der Waals surface area contributed by atoms with Crippen molar-refractivity contribution in [1.29, 1.82) is 0 Å². The van der Waals surface area contributed by atoms with Crippen LogP contribution in [0.1, 0.15) is 22.6 Å². The van der Waals surface area contributed by atoms with E-state index in [0.29, 0.717) is 17.7 Å². The quantitative estimate of drug-likeness (QED) is 0.257. The summed E-state index contributed by atoms with van der Waals surface area (Å²) in [6.45, 7) is -0.442. The Hall–Kier alpha value is -4.49. The fraction of sp³-hybridized carbons (Fsp3) is 0.200. The number of hydrogen-bond donors (Lipinski definition) is 0. The molecule has 4 aromatic rings. The normalized spacial score (nSPS) is 11.9. The highest BCUT2D eigenvalue weighted by atomic mass is 19.4. The summed E-state index contributed by atoms with van der Waals surface area (Å²) in [6, 6.07) is 8.63. The molecule has 0 bridgehead atoms. The Morgan fingerprint density at radius 3 is 2.33 bits per heavy atom. The molecule has 4 rings (SSSR count). The lowest BCUT2D eigenvalue weighted by Gasteiger charge is -2.23. The number of amides is 1. The molecule has 1 amide bonds. The van der Waals surface area contributed by atoms with Crippen LogP contribution in [0.3, 0.4) is 0 Å². The molecule has 39 heavy (non-hydrogen) atoms. The minimum Gasteiger partial charge on any atom is -0.480 e. The monoisotopic (exact) mass is 554 g/mol. The number of nitrogens with zero attached hydrogens (tertiary/aromatic N) is 4. The number of carbonyl (C=O) groups excluding carboxylic acids is 1. The fourth-order valence-corrected chi connectivity index (χ4v) is 3.65. The number of methoxy groups -OCH3 is 1. The first-order chi connectivity index (χ1) is 18.4. The number of halogens is 7. The molecule has 0 saturated carbocycles. The first-order valence-electron chi connectivity index (χ1n) is 11.0. The Balaban J connectivity index is 1.68. The van der Waals surface area contributed by atoms with Crippen LogP contribution in [-0.4, -0.2) is 28.2 Å². The Kier molecular flexibility index (Phi) is 7.56. The zero-order chi connectivity index (χ0) is 28.4. The van der Waals surface area contributed by atoms with Gasteiger partial charge >= 0.3 is 12.4 Å². The molecule has 0 radical (unpaired) electrons. The van der Waals surface area contributed by atoms with Crippen molar-refractivity contribution in [2.45, 2.75) is 25.3 Å². The zero-order valence-electron chi connectivity index (χ0n) is 19.8. The molecule has 0 saturated heterocycles. The van der Waals surface area contributed by atoms with Crippen molar-refractivity contribution in [3.63, 3.8) is 0 Å². The third-order valence-electron chi connectivity index (χ3n) is 5.48. The second-order valence-corrected chi connectivity index (χ2v) is 8.06. The number of aromatic nitrogens is 3. The van der Waals surface area contributed by atoms with Gasteiger partial charge in [-0.2, -0.15) is 26.3 Å². The second-order valence-electron chi connectivity index (χ2n) is 8.06. The summed E-state index contributed by atoms with van der Waals surface area (Å²) in [6.07, 6.45) is -9.65. The van der Waals surface area contributed by atoms with Crippen LogP contribution in [0, 0.1) is 5.82 Å². The van der Waals surface area contributed by atoms with Crippen molar-refractivity contribution < 1.29 is 44.7 Å². The third-order valence-corrected chi connectivity index (χ3v) is 5.48. The molecule has 2 heterocycles. The van der Waals surface area contributed by atoms with Crippen LogP contribution >= 0.6 is 0 Å². The molecule has 0 aliphatic rings. The zero-order valence-corrected chi connectivity index (χ0v) is 19.8. The van der Waals surface area contributed by atoms with Gasteiger partial charge in [-0.3, -0.25) is 4.79 Å². The lowest BCUT2D eigenvalue weighted by molar-refractivity contribution is -0.143. The number of rotatable bonds is 7. The van der Waals surface area contributed by atoms with Gasteiger partial charge in [0.1, 0.15) is 17.9 Å². The molecule has 2 aromatic carbocycles. The van der Waals surface area contributed by atoms with Gasteiger partial charge < -0.3 is 14.1 Å². The lowest BCUT2D eigenvalue weighted by atomic mass is 10.00. The second kappa shape index (κ2) is 10.7. The van der Waals surface area contributed by atoms with Crippen LogP contribution in [0.4, 0.5) is 36.4 Å². The molecule has 0 fully saturated rings. The first kappa shape index (κ1) is 27.5. The number of ether oxygens (including phenoxy) is 1. The van der Waals surface area contributed by atoms with Gasteiger partial charge in [0.25, 0.3) is 5.89 Å². The maximum atomic E-state index is 13.6. The molecule has 204 valence electrons. The standard InChI is InChI=1S/C25H17F7N4O3/c1-38-22-18(3-2-10-33-22)23-35-34-20(39-23)13-36(17-8-6-16(26)7-9-17)21(37)11-14-4-5-15(24(27,28)29)12-19(14)25(30,31)32/h2-10,12H,11,13H2,1H3. The van der Waals surface area contributed by atoms with Crippen molar-refractivity contribution in [2.24, 2.45) is 0 Å². The average Bonchev–Trinajstić information content (AvgIpc) is 3.35. The number of carbonyl (C=O) groups is 1. The fourth-order valence-electron chi connectivity index (χ4n) is 3.65. The SMILES string of the molecule is COc1ncccc1-c1nnc(CN(C(=O)Cc2ccc(C(F)(F)F)cc2C(F)(F)F)c2ccc(F)cc2)o1. The summed E-state index contributed by atoms with van der Waals surface area (Å²) in [7, 11) is 1.37. The Bertz CT molecular complexity index is 1470. The highest BCUT2D eigenvalue weighted by Crippen LogP contribution is 2.38. The van der Waals surface area contributed by atoms with E-state index in [1.807, 2.05) is 0 Å². The van der Waals surface area contributed by atoms with E-state index in [2.05, 4.69) is 15.2 Å². The van der Waals surface area contributed by atoms with Gasteiger partial charge in [-0.05, 0) is 54.1 Å². The Morgan fingerprint density at radius 2 is 1.69 bits per heavy atom. The summed E-state index contributed by atoms with van der Waals surface area (Å²) in [5.74, 6) is -1.59. The van der Waals surface area contributed by atoms with E-state index in [9.17, 15) is 35.5 Å². The number of anilines is 1. The van der Waals surface area contributed by atoms with Gasteiger partial charge in [-0.1, -0.05) is 6.07 Å². The number of alkyl halides is 6. The largest absolute Gasteiger partial charge is 0.480 e. The van der Waals surface area contributed by atoms with E-state index in [1.165, 1.54) is 25.4 Å².